The smallest absolute Gasteiger partial charge is 0.288 e. The van der Waals surface area contributed by atoms with Crippen LogP contribution >= 0.6 is 11.6 Å². The Kier molecular flexibility index (Phi) is 5.24. The molecule has 0 bridgehead atoms. The monoisotopic (exact) mass is 424 g/mol. The van der Waals surface area contributed by atoms with Gasteiger partial charge < -0.3 is 9.47 Å². The number of nitro groups is 1. The third kappa shape index (κ3) is 3.77. The second-order valence-corrected chi connectivity index (χ2v) is 7.03. The fourth-order valence-electron chi connectivity index (χ4n) is 3.08. The predicted molar refractivity (Wildman–Crippen MR) is 113 cm³/mol. The summed E-state index contributed by atoms with van der Waals surface area (Å²) >= 11 is 6.04. The lowest BCUT2D eigenvalue weighted by atomic mass is 10.2. The number of pyridine rings is 1. The molecular weight excluding hydrogens is 408 g/mol. The van der Waals surface area contributed by atoms with Gasteiger partial charge in [0.25, 0.3) is 5.69 Å². The largest absolute Gasteiger partial charge is 0.497 e. The standard InChI is InChI=1S/C21H17ClN4O4/c1-13-9-18(26(27)28)17(22)10-20(13)30-19-7-8-23-21-16(19)11-24-25(21)12-14-3-5-15(29-2)6-4-14/h3-11H,12H2,1-2H3. The van der Waals surface area contributed by atoms with Crippen LogP contribution in [0.25, 0.3) is 11.0 Å². The van der Waals surface area contributed by atoms with E-state index >= 15 is 0 Å². The van der Waals surface area contributed by atoms with Crippen LogP contribution in [0.15, 0.2) is 54.9 Å². The number of halogens is 1. The quantitative estimate of drug-likeness (QED) is 0.314. The van der Waals surface area contributed by atoms with Crippen LogP contribution in [0.1, 0.15) is 11.1 Å². The summed E-state index contributed by atoms with van der Waals surface area (Å²) in [6, 6.07) is 12.3. The average Bonchev–Trinajstić information content (AvgIpc) is 3.14. The Hall–Kier alpha value is -3.65. The summed E-state index contributed by atoms with van der Waals surface area (Å²) in [6.45, 7) is 2.26. The van der Waals surface area contributed by atoms with Gasteiger partial charge in [-0.25, -0.2) is 9.67 Å². The molecule has 152 valence electrons. The SMILES string of the molecule is COc1ccc(Cn2ncc3c(Oc4cc(Cl)c([N+](=O)[O-])cc4C)ccnc32)cc1. The van der Waals surface area contributed by atoms with E-state index in [1.54, 1.807) is 37.2 Å². The first-order valence-corrected chi connectivity index (χ1v) is 9.40. The average molecular weight is 425 g/mol. The number of nitrogens with zero attached hydrogens (tertiary/aromatic N) is 4. The highest BCUT2D eigenvalue weighted by atomic mass is 35.5. The minimum absolute atomic E-state index is 0.0149. The molecule has 9 heteroatoms. The molecule has 0 amide bonds. The van der Waals surface area contributed by atoms with Crippen molar-refractivity contribution in [2.45, 2.75) is 13.5 Å². The van der Waals surface area contributed by atoms with Crippen molar-refractivity contribution in [3.63, 3.8) is 0 Å². The van der Waals surface area contributed by atoms with Crippen molar-refractivity contribution in [1.82, 2.24) is 14.8 Å². The van der Waals surface area contributed by atoms with Crippen molar-refractivity contribution in [2.24, 2.45) is 0 Å². The fraction of sp³-hybridized carbons (Fsp3) is 0.143. The minimum Gasteiger partial charge on any atom is -0.497 e. The molecule has 0 unspecified atom stereocenters. The number of methoxy groups -OCH3 is 1. The Morgan fingerprint density at radius 1 is 1.17 bits per heavy atom. The summed E-state index contributed by atoms with van der Waals surface area (Å²) in [7, 11) is 1.63. The Bertz CT molecular complexity index is 1240. The van der Waals surface area contributed by atoms with Gasteiger partial charge in [0.1, 0.15) is 22.3 Å². The number of aromatic nitrogens is 3. The summed E-state index contributed by atoms with van der Waals surface area (Å²) in [4.78, 5) is 15.0. The van der Waals surface area contributed by atoms with E-state index in [0.717, 1.165) is 16.7 Å². The molecule has 0 aliphatic carbocycles. The number of rotatable bonds is 6. The van der Waals surface area contributed by atoms with Gasteiger partial charge >= 0.3 is 0 Å². The summed E-state index contributed by atoms with van der Waals surface area (Å²) in [5, 5.41) is 16.2. The van der Waals surface area contributed by atoms with Gasteiger partial charge in [0.15, 0.2) is 5.65 Å². The number of aryl methyl sites for hydroxylation is 1. The molecule has 2 heterocycles. The van der Waals surface area contributed by atoms with Crippen LogP contribution in [-0.2, 0) is 6.54 Å². The molecule has 0 atom stereocenters. The normalized spacial score (nSPS) is 10.9. The van der Waals surface area contributed by atoms with Gasteiger partial charge in [0, 0.05) is 18.3 Å². The van der Waals surface area contributed by atoms with Gasteiger partial charge in [-0.1, -0.05) is 23.7 Å². The van der Waals surface area contributed by atoms with Crippen LogP contribution in [0.2, 0.25) is 5.02 Å². The molecule has 0 aliphatic rings. The first kappa shape index (κ1) is 19.7. The summed E-state index contributed by atoms with van der Waals surface area (Å²) in [5.41, 5.74) is 2.15. The van der Waals surface area contributed by atoms with E-state index in [0.29, 0.717) is 29.3 Å². The number of ether oxygens (including phenoxy) is 2. The zero-order chi connectivity index (χ0) is 21.3. The molecule has 8 nitrogen and oxygen atoms in total. The predicted octanol–water partition coefficient (Wildman–Crippen LogP) is 5.15. The number of benzene rings is 2. The Balaban J connectivity index is 1.65. The number of nitro benzene ring substituents is 1. The Morgan fingerprint density at radius 2 is 1.93 bits per heavy atom. The summed E-state index contributed by atoms with van der Waals surface area (Å²) in [6.07, 6.45) is 3.32. The Labute approximate surface area is 176 Å². The lowest BCUT2D eigenvalue weighted by Crippen LogP contribution is -2.02. The number of hydrogen-bond donors (Lipinski definition) is 0. The molecule has 0 saturated heterocycles. The van der Waals surface area contributed by atoms with E-state index in [1.165, 1.54) is 12.1 Å². The molecule has 4 rings (SSSR count). The van der Waals surface area contributed by atoms with Gasteiger partial charge in [-0.3, -0.25) is 10.1 Å². The molecule has 0 aliphatic heterocycles. The molecule has 2 aromatic heterocycles. The highest BCUT2D eigenvalue weighted by Gasteiger charge is 2.17. The zero-order valence-electron chi connectivity index (χ0n) is 16.2. The molecular formula is C21H17ClN4O4. The van der Waals surface area contributed by atoms with Gasteiger partial charge in [-0.15, -0.1) is 0 Å². The van der Waals surface area contributed by atoms with E-state index in [4.69, 9.17) is 21.1 Å². The maximum atomic E-state index is 11.1. The third-order valence-corrected chi connectivity index (χ3v) is 4.95. The van der Waals surface area contributed by atoms with Crippen molar-refractivity contribution in [3.05, 3.63) is 81.1 Å². The van der Waals surface area contributed by atoms with Crippen LogP contribution < -0.4 is 9.47 Å². The topological polar surface area (TPSA) is 92.3 Å². The van der Waals surface area contributed by atoms with E-state index in [9.17, 15) is 10.1 Å². The van der Waals surface area contributed by atoms with E-state index in [1.807, 2.05) is 24.3 Å². The Morgan fingerprint density at radius 3 is 2.63 bits per heavy atom. The van der Waals surface area contributed by atoms with Crippen molar-refractivity contribution < 1.29 is 14.4 Å². The summed E-state index contributed by atoms with van der Waals surface area (Å²) < 4.78 is 13.0. The maximum Gasteiger partial charge on any atom is 0.288 e. The highest BCUT2D eigenvalue weighted by Crippen LogP contribution is 2.36. The van der Waals surface area contributed by atoms with E-state index < -0.39 is 4.92 Å². The second kappa shape index (κ2) is 8.00. The molecule has 30 heavy (non-hydrogen) atoms. The van der Waals surface area contributed by atoms with Crippen molar-refractivity contribution in [3.8, 4) is 17.2 Å². The van der Waals surface area contributed by atoms with Gasteiger partial charge in [0.2, 0.25) is 0 Å². The first-order chi connectivity index (χ1) is 14.5. The number of fused-ring (bicyclic) bond motifs is 1. The fourth-order valence-corrected chi connectivity index (χ4v) is 3.30. The summed E-state index contributed by atoms with van der Waals surface area (Å²) in [5.74, 6) is 1.75. The van der Waals surface area contributed by atoms with Gasteiger partial charge in [-0.05, 0) is 36.2 Å². The molecule has 4 aromatic rings. The molecule has 0 radical (unpaired) electrons. The second-order valence-electron chi connectivity index (χ2n) is 6.62. The van der Waals surface area contributed by atoms with Crippen LogP contribution in [0.3, 0.4) is 0 Å². The van der Waals surface area contributed by atoms with Crippen LogP contribution in [0, 0.1) is 17.0 Å². The van der Waals surface area contributed by atoms with Gasteiger partial charge in [0.05, 0.1) is 30.2 Å². The zero-order valence-corrected chi connectivity index (χ0v) is 17.0. The molecule has 0 N–H and O–H groups in total. The maximum absolute atomic E-state index is 11.1. The van der Waals surface area contributed by atoms with Crippen molar-refractivity contribution in [2.75, 3.05) is 7.11 Å². The lowest BCUT2D eigenvalue weighted by Gasteiger charge is -2.10. The minimum atomic E-state index is -0.521. The van der Waals surface area contributed by atoms with Gasteiger partial charge in [-0.2, -0.15) is 5.10 Å². The molecule has 2 aromatic carbocycles. The first-order valence-electron chi connectivity index (χ1n) is 9.02. The van der Waals surface area contributed by atoms with Crippen LogP contribution in [0.4, 0.5) is 5.69 Å². The molecule has 0 fully saturated rings. The molecule has 0 spiro atoms. The van der Waals surface area contributed by atoms with Crippen molar-refractivity contribution in [1.29, 1.82) is 0 Å². The number of hydrogen-bond acceptors (Lipinski definition) is 6. The van der Waals surface area contributed by atoms with E-state index in [-0.39, 0.29) is 10.7 Å². The third-order valence-electron chi connectivity index (χ3n) is 4.65. The van der Waals surface area contributed by atoms with Crippen LogP contribution in [0.5, 0.6) is 17.2 Å². The van der Waals surface area contributed by atoms with E-state index in [2.05, 4.69) is 10.1 Å². The van der Waals surface area contributed by atoms with Crippen LogP contribution in [-0.4, -0.2) is 26.8 Å². The highest BCUT2D eigenvalue weighted by molar-refractivity contribution is 6.32. The lowest BCUT2D eigenvalue weighted by molar-refractivity contribution is -0.384. The van der Waals surface area contributed by atoms with Crippen molar-refractivity contribution >= 4 is 28.3 Å². The molecule has 0 saturated carbocycles.